The van der Waals surface area contributed by atoms with Gasteiger partial charge in [-0.25, -0.2) is 0 Å². The number of benzene rings is 1. The SMILES string of the molecule is CCC.CCCN(CCC)CCOc1ccc(C(C2=CCCC=C2)=C2CC2)cc1. The van der Waals surface area contributed by atoms with E-state index in [1.807, 2.05) is 0 Å². The van der Waals surface area contributed by atoms with Crippen molar-refractivity contribution in [1.29, 1.82) is 0 Å². The Labute approximate surface area is 179 Å². The Morgan fingerprint density at radius 3 is 2.07 bits per heavy atom. The van der Waals surface area contributed by atoms with Gasteiger partial charge < -0.3 is 4.74 Å². The maximum absolute atomic E-state index is 6.00. The molecule has 2 aliphatic carbocycles. The van der Waals surface area contributed by atoms with Gasteiger partial charge in [0.05, 0.1) is 0 Å². The molecule has 0 bridgehead atoms. The molecule has 1 saturated carbocycles. The molecule has 0 saturated heterocycles. The van der Waals surface area contributed by atoms with Gasteiger partial charge in [0.2, 0.25) is 0 Å². The van der Waals surface area contributed by atoms with Crippen LogP contribution >= 0.6 is 0 Å². The monoisotopic (exact) mass is 395 g/mol. The van der Waals surface area contributed by atoms with Crippen LogP contribution in [-0.2, 0) is 0 Å². The molecule has 2 heteroatoms. The Bertz CT molecular complexity index is 669. The lowest BCUT2D eigenvalue weighted by molar-refractivity contribution is 0.209. The quantitative estimate of drug-likeness (QED) is 0.408. The molecule has 0 spiro atoms. The van der Waals surface area contributed by atoms with Crippen molar-refractivity contribution in [1.82, 2.24) is 4.90 Å². The van der Waals surface area contributed by atoms with Crippen molar-refractivity contribution in [2.24, 2.45) is 0 Å². The van der Waals surface area contributed by atoms with Crippen LogP contribution in [0.2, 0.25) is 0 Å². The zero-order chi connectivity index (χ0) is 20.9. The standard InChI is InChI=1S/C24H33NO.C3H8/c1-3-16-25(17-4-2)18-19-26-23-14-12-22(13-15-23)24(21-10-11-21)20-8-6-5-7-9-20;1-3-2/h6,8-9,12-15H,3-5,7,10-11,16-19H2,1-2H3;3H2,1-2H3. The van der Waals surface area contributed by atoms with Crippen molar-refractivity contribution in [2.75, 3.05) is 26.2 Å². The van der Waals surface area contributed by atoms with Crippen LogP contribution in [0.3, 0.4) is 0 Å². The summed E-state index contributed by atoms with van der Waals surface area (Å²) >= 11 is 0. The predicted molar refractivity (Wildman–Crippen MR) is 128 cm³/mol. The van der Waals surface area contributed by atoms with Gasteiger partial charge in [-0.05, 0) is 80.5 Å². The molecule has 0 unspecified atom stereocenters. The average Bonchev–Trinajstić information content (AvgIpc) is 3.56. The topological polar surface area (TPSA) is 12.5 Å². The van der Waals surface area contributed by atoms with Crippen LogP contribution in [0.25, 0.3) is 5.57 Å². The third kappa shape index (κ3) is 8.22. The van der Waals surface area contributed by atoms with Crippen LogP contribution in [0, 0.1) is 0 Å². The summed E-state index contributed by atoms with van der Waals surface area (Å²) in [6.07, 6.45) is 15.5. The maximum atomic E-state index is 6.00. The predicted octanol–water partition coefficient (Wildman–Crippen LogP) is 7.43. The Morgan fingerprint density at radius 1 is 0.897 bits per heavy atom. The van der Waals surface area contributed by atoms with E-state index in [0.29, 0.717) is 0 Å². The number of hydrogen-bond acceptors (Lipinski definition) is 2. The highest BCUT2D eigenvalue weighted by Gasteiger charge is 2.21. The zero-order valence-corrected chi connectivity index (χ0v) is 19.2. The second kappa shape index (κ2) is 13.4. The summed E-state index contributed by atoms with van der Waals surface area (Å²) < 4.78 is 6.00. The molecule has 0 heterocycles. The van der Waals surface area contributed by atoms with Crippen molar-refractivity contribution >= 4 is 5.57 Å². The van der Waals surface area contributed by atoms with E-state index in [-0.39, 0.29) is 0 Å². The lowest BCUT2D eigenvalue weighted by Gasteiger charge is -2.21. The first-order chi connectivity index (χ1) is 14.2. The molecule has 0 N–H and O–H groups in total. The number of ether oxygens (including phenoxy) is 1. The molecular weight excluding hydrogens is 354 g/mol. The molecular formula is C27H41NO. The highest BCUT2D eigenvalue weighted by Crippen LogP contribution is 2.41. The lowest BCUT2D eigenvalue weighted by Crippen LogP contribution is -2.30. The van der Waals surface area contributed by atoms with Crippen molar-refractivity contribution in [3.8, 4) is 5.75 Å². The highest BCUT2D eigenvalue weighted by atomic mass is 16.5. The fourth-order valence-corrected chi connectivity index (χ4v) is 3.66. The summed E-state index contributed by atoms with van der Waals surface area (Å²) in [5, 5.41) is 0. The molecule has 1 aromatic carbocycles. The van der Waals surface area contributed by atoms with E-state index in [1.54, 1.807) is 5.57 Å². The van der Waals surface area contributed by atoms with Crippen LogP contribution in [0.15, 0.2) is 53.6 Å². The van der Waals surface area contributed by atoms with E-state index >= 15 is 0 Å². The van der Waals surface area contributed by atoms with Gasteiger partial charge in [-0.15, -0.1) is 0 Å². The van der Waals surface area contributed by atoms with Crippen LogP contribution in [0.1, 0.15) is 78.2 Å². The smallest absolute Gasteiger partial charge is 0.119 e. The molecule has 2 nitrogen and oxygen atoms in total. The third-order valence-electron chi connectivity index (χ3n) is 5.04. The Balaban J connectivity index is 0.000000941. The van der Waals surface area contributed by atoms with E-state index < -0.39 is 0 Å². The molecule has 1 fully saturated rings. The minimum atomic E-state index is 0.765. The van der Waals surface area contributed by atoms with Crippen LogP contribution in [-0.4, -0.2) is 31.1 Å². The Kier molecular flexibility index (Phi) is 10.9. The van der Waals surface area contributed by atoms with E-state index in [9.17, 15) is 0 Å². The molecule has 0 radical (unpaired) electrons. The molecule has 160 valence electrons. The van der Waals surface area contributed by atoms with Gasteiger partial charge in [0.15, 0.2) is 0 Å². The normalized spacial score (nSPS) is 14.9. The minimum Gasteiger partial charge on any atom is -0.492 e. The van der Waals surface area contributed by atoms with Crippen molar-refractivity contribution in [3.05, 3.63) is 59.2 Å². The van der Waals surface area contributed by atoms with E-state index in [2.05, 4.69) is 75.1 Å². The van der Waals surface area contributed by atoms with Crippen molar-refractivity contribution < 1.29 is 4.74 Å². The minimum absolute atomic E-state index is 0.765. The van der Waals surface area contributed by atoms with Crippen LogP contribution in [0.4, 0.5) is 0 Å². The van der Waals surface area contributed by atoms with Gasteiger partial charge in [0.25, 0.3) is 0 Å². The molecule has 0 aromatic heterocycles. The van der Waals surface area contributed by atoms with Gasteiger partial charge in [-0.3, -0.25) is 4.90 Å². The summed E-state index contributed by atoms with van der Waals surface area (Å²) in [5.41, 5.74) is 5.81. The second-order valence-corrected chi connectivity index (χ2v) is 8.04. The molecule has 0 atom stereocenters. The van der Waals surface area contributed by atoms with Crippen molar-refractivity contribution in [2.45, 2.75) is 72.6 Å². The van der Waals surface area contributed by atoms with Crippen LogP contribution < -0.4 is 4.74 Å². The third-order valence-corrected chi connectivity index (χ3v) is 5.04. The van der Waals surface area contributed by atoms with E-state index in [4.69, 9.17) is 4.74 Å². The second-order valence-electron chi connectivity index (χ2n) is 8.04. The van der Waals surface area contributed by atoms with E-state index in [1.165, 1.54) is 55.2 Å². The van der Waals surface area contributed by atoms with Gasteiger partial charge in [-0.1, -0.05) is 70.0 Å². The number of nitrogens with zero attached hydrogens (tertiary/aromatic N) is 1. The number of hydrogen-bond donors (Lipinski definition) is 0. The summed E-state index contributed by atoms with van der Waals surface area (Å²) in [7, 11) is 0. The van der Waals surface area contributed by atoms with Gasteiger partial charge >= 0.3 is 0 Å². The van der Waals surface area contributed by atoms with Gasteiger partial charge in [0, 0.05) is 6.54 Å². The summed E-state index contributed by atoms with van der Waals surface area (Å²) in [6, 6.07) is 8.73. The Hall–Kier alpha value is -1.80. The summed E-state index contributed by atoms with van der Waals surface area (Å²) in [6.45, 7) is 12.8. The first-order valence-corrected chi connectivity index (χ1v) is 11.8. The van der Waals surface area contributed by atoms with Crippen molar-refractivity contribution in [3.63, 3.8) is 0 Å². The lowest BCUT2D eigenvalue weighted by atomic mass is 9.93. The summed E-state index contributed by atoms with van der Waals surface area (Å²) in [4.78, 5) is 2.49. The fourth-order valence-electron chi connectivity index (χ4n) is 3.66. The average molecular weight is 396 g/mol. The Morgan fingerprint density at radius 2 is 1.55 bits per heavy atom. The van der Waals surface area contributed by atoms with Crippen LogP contribution in [0.5, 0.6) is 5.75 Å². The zero-order valence-electron chi connectivity index (χ0n) is 19.2. The summed E-state index contributed by atoms with van der Waals surface area (Å²) in [5.74, 6) is 0.981. The molecule has 29 heavy (non-hydrogen) atoms. The molecule has 0 amide bonds. The van der Waals surface area contributed by atoms with E-state index in [0.717, 1.165) is 38.4 Å². The first kappa shape index (κ1) is 23.5. The largest absolute Gasteiger partial charge is 0.492 e. The molecule has 0 aliphatic heterocycles. The van der Waals surface area contributed by atoms with Gasteiger partial charge in [-0.2, -0.15) is 0 Å². The molecule has 3 rings (SSSR count). The first-order valence-electron chi connectivity index (χ1n) is 11.8. The fraction of sp³-hybridized carbons (Fsp3) is 0.556. The number of rotatable bonds is 10. The molecule has 2 aliphatic rings. The molecule has 1 aromatic rings. The maximum Gasteiger partial charge on any atom is 0.119 e. The van der Waals surface area contributed by atoms with Gasteiger partial charge in [0.1, 0.15) is 12.4 Å². The number of allylic oxidation sites excluding steroid dienone is 6. The highest BCUT2D eigenvalue weighted by molar-refractivity contribution is 5.86.